The van der Waals surface area contributed by atoms with E-state index in [4.69, 9.17) is 15.2 Å². The topological polar surface area (TPSA) is 90.9 Å². The summed E-state index contributed by atoms with van der Waals surface area (Å²) >= 11 is 0. The maximum absolute atomic E-state index is 10.7. The van der Waals surface area contributed by atoms with E-state index in [0.29, 0.717) is 18.9 Å². The quantitative estimate of drug-likeness (QED) is 0.501. The van der Waals surface area contributed by atoms with Gasteiger partial charge in [-0.3, -0.25) is 10.1 Å². The van der Waals surface area contributed by atoms with Gasteiger partial charge in [-0.1, -0.05) is 0 Å². The van der Waals surface area contributed by atoms with Crippen molar-refractivity contribution in [3.8, 4) is 0 Å². The number of benzene rings is 1. The molecule has 0 bridgehead atoms. The van der Waals surface area contributed by atoms with Crippen molar-refractivity contribution in [3.05, 3.63) is 28.3 Å². The van der Waals surface area contributed by atoms with Crippen LogP contribution in [0.2, 0.25) is 0 Å². The molecule has 0 unspecified atom stereocenters. The number of anilines is 2. The Balaban J connectivity index is 1.73. The molecule has 0 amide bonds. The molecule has 3 rings (SSSR count). The minimum absolute atomic E-state index is 0.0159. The lowest BCUT2D eigenvalue weighted by atomic mass is 10.0. The number of nitrogens with two attached hydrogens (primary N) is 1. The number of nitrogens with zero attached hydrogens (tertiary/aromatic N) is 2. The molecule has 7 heteroatoms. The number of non-ortho nitro benzene ring substituents is 1. The van der Waals surface area contributed by atoms with Gasteiger partial charge in [-0.25, -0.2) is 0 Å². The van der Waals surface area contributed by atoms with Gasteiger partial charge >= 0.3 is 0 Å². The lowest BCUT2D eigenvalue weighted by Crippen LogP contribution is -2.45. The molecule has 1 aromatic carbocycles. The van der Waals surface area contributed by atoms with Crippen LogP contribution in [0.25, 0.3) is 0 Å². The van der Waals surface area contributed by atoms with Crippen LogP contribution in [0.4, 0.5) is 17.1 Å². The molecule has 2 aliphatic rings. The first-order valence-electron chi connectivity index (χ1n) is 6.66. The summed E-state index contributed by atoms with van der Waals surface area (Å²) in [6.45, 7) is 2.84. The number of hydrogen-bond donors (Lipinski definition) is 1. The number of nitro benzene ring substituents is 1. The van der Waals surface area contributed by atoms with Crippen molar-refractivity contribution >= 4 is 17.1 Å². The van der Waals surface area contributed by atoms with Gasteiger partial charge in [0.05, 0.1) is 29.5 Å². The van der Waals surface area contributed by atoms with E-state index >= 15 is 0 Å². The molecule has 1 spiro atoms. The first-order valence-corrected chi connectivity index (χ1v) is 6.66. The zero-order valence-corrected chi connectivity index (χ0v) is 11.1. The van der Waals surface area contributed by atoms with Crippen molar-refractivity contribution in [1.29, 1.82) is 0 Å². The highest BCUT2D eigenvalue weighted by Gasteiger charge is 2.40. The second kappa shape index (κ2) is 4.92. The minimum atomic E-state index is -0.439. The van der Waals surface area contributed by atoms with E-state index in [0.717, 1.165) is 31.6 Å². The Hall–Kier alpha value is -1.86. The van der Waals surface area contributed by atoms with Crippen LogP contribution in [0.5, 0.6) is 0 Å². The van der Waals surface area contributed by atoms with E-state index in [9.17, 15) is 10.1 Å². The Bertz CT molecular complexity index is 518. The first kappa shape index (κ1) is 13.1. The van der Waals surface area contributed by atoms with Crippen molar-refractivity contribution in [3.63, 3.8) is 0 Å². The molecule has 0 saturated carbocycles. The monoisotopic (exact) mass is 279 g/mol. The fourth-order valence-corrected chi connectivity index (χ4v) is 2.82. The summed E-state index contributed by atoms with van der Waals surface area (Å²) in [6.07, 6.45) is 1.56. The van der Waals surface area contributed by atoms with Crippen molar-refractivity contribution in [1.82, 2.24) is 0 Å². The van der Waals surface area contributed by atoms with Gasteiger partial charge < -0.3 is 20.1 Å². The maximum atomic E-state index is 10.7. The number of rotatable bonds is 2. The van der Waals surface area contributed by atoms with Gasteiger partial charge in [0.25, 0.3) is 5.69 Å². The molecule has 20 heavy (non-hydrogen) atoms. The van der Waals surface area contributed by atoms with Crippen LogP contribution < -0.4 is 10.6 Å². The van der Waals surface area contributed by atoms with Gasteiger partial charge in [-0.05, 0) is 6.07 Å². The average Bonchev–Trinajstić information content (AvgIpc) is 2.88. The van der Waals surface area contributed by atoms with Crippen LogP contribution >= 0.6 is 0 Å². The number of nitrogen functional groups attached to an aromatic ring is 1. The maximum Gasteiger partial charge on any atom is 0.271 e. The highest BCUT2D eigenvalue weighted by Crippen LogP contribution is 2.35. The highest BCUT2D eigenvalue weighted by molar-refractivity contribution is 5.70. The van der Waals surface area contributed by atoms with Gasteiger partial charge in [0.1, 0.15) is 0 Å². The average molecular weight is 279 g/mol. The van der Waals surface area contributed by atoms with Crippen LogP contribution in [0, 0.1) is 10.1 Å². The van der Waals surface area contributed by atoms with Crippen LogP contribution in [-0.2, 0) is 9.47 Å². The summed E-state index contributed by atoms with van der Waals surface area (Å²) in [5.74, 6) is -0.425. The molecule has 108 valence electrons. The third-order valence-corrected chi connectivity index (χ3v) is 3.90. The molecule has 0 radical (unpaired) electrons. The van der Waals surface area contributed by atoms with Crippen molar-refractivity contribution in [2.24, 2.45) is 0 Å². The summed E-state index contributed by atoms with van der Waals surface area (Å²) in [4.78, 5) is 12.4. The second-order valence-electron chi connectivity index (χ2n) is 5.09. The number of ether oxygens (including phenoxy) is 2. The summed E-state index contributed by atoms with van der Waals surface area (Å²) in [7, 11) is 0. The Morgan fingerprint density at radius 1 is 1.25 bits per heavy atom. The Kier molecular flexibility index (Phi) is 3.23. The number of hydrogen-bond acceptors (Lipinski definition) is 6. The molecular formula is C13H17N3O4. The lowest BCUT2D eigenvalue weighted by molar-refractivity contribution is -0.384. The van der Waals surface area contributed by atoms with Crippen LogP contribution in [-0.4, -0.2) is 37.0 Å². The van der Waals surface area contributed by atoms with Gasteiger partial charge in [0, 0.05) is 38.1 Å². The number of nitro groups is 1. The summed E-state index contributed by atoms with van der Waals surface area (Å²) < 4.78 is 11.4. The minimum Gasteiger partial charge on any atom is -0.397 e. The third-order valence-electron chi connectivity index (χ3n) is 3.90. The molecule has 1 aromatic rings. The van der Waals surface area contributed by atoms with E-state index in [1.165, 1.54) is 12.1 Å². The Morgan fingerprint density at radius 2 is 1.90 bits per heavy atom. The van der Waals surface area contributed by atoms with E-state index < -0.39 is 10.7 Å². The lowest BCUT2D eigenvalue weighted by Gasteiger charge is -2.39. The molecule has 0 atom stereocenters. The summed E-state index contributed by atoms with van der Waals surface area (Å²) in [6, 6.07) is 4.60. The molecule has 2 fully saturated rings. The van der Waals surface area contributed by atoms with E-state index in [-0.39, 0.29) is 5.69 Å². The predicted molar refractivity (Wildman–Crippen MR) is 73.6 cm³/mol. The molecular weight excluding hydrogens is 262 g/mol. The van der Waals surface area contributed by atoms with E-state index in [1.54, 1.807) is 6.07 Å². The van der Waals surface area contributed by atoms with Crippen molar-refractivity contribution < 1.29 is 14.4 Å². The molecule has 2 aliphatic heterocycles. The smallest absolute Gasteiger partial charge is 0.271 e. The van der Waals surface area contributed by atoms with Crippen LogP contribution in [0.15, 0.2) is 18.2 Å². The SMILES string of the molecule is Nc1cc([N+](=O)[O-])ccc1N1CCC2(CC1)OCCO2. The largest absolute Gasteiger partial charge is 0.397 e. The number of piperidine rings is 1. The van der Waals surface area contributed by atoms with Gasteiger partial charge in [0.2, 0.25) is 0 Å². The highest BCUT2D eigenvalue weighted by atomic mass is 16.7. The molecule has 2 saturated heterocycles. The molecule has 2 heterocycles. The normalized spacial score (nSPS) is 21.3. The Labute approximate surface area is 116 Å². The molecule has 0 aromatic heterocycles. The van der Waals surface area contributed by atoms with Crippen LogP contribution in [0.3, 0.4) is 0 Å². The molecule has 7 nitrogen and oxygen atoms in total. The standard InChI is InChI=1S/C13H17N3O4/c14-11-9-10(16(17)18)1-2-12(11)15-5-3-13(4-6-15)19-7-8-20-13/h1-2,9H,3-8,14H2. The Morgan fingerprint density at radius 3 is 2.45 bits per heavy atom. The fraction of sp³-hybridized carbons (Fsp3) is 0.538. The van der Waals surface area contributed by atoms with Crippen molar-refractivity contribution in [2.75, 3.05) is 36.9 Å². The predicted octanol–water partition coefficient (Wildman–Crippen LogP) is 1.52. The molecule has 2 N–H and O–H groups in total. The van der Waals surface area contributed by atoms with Gasteiger partial charge in [0.15, 0.2) is 5.79 Å². The zero-order chi connectivity index (χ0) is 14.2. The zero-order valence-electron chi connectivity index (χ0n) is 11.1. The second-order valence-corrected chi connectivity index (χ2v) is 5.09. The van der Waals surface area contributed by atoms with Gasteiger partial charge in [-0.15, -0.1) is 0 Å². The summed E-state index contributed by atoms with van der Waals surface area (Å²) in [5.41, 5.74) is 7.21. The van der Waals surface area contributed by atoms with Gasteiger partial charge in [-0.2, -0.15) is 0 Å². The van der Waals surface area contributed by atoms with E-state index in [2.05, 4.69) is 4.90 Å². The fourth-order valence-electron chi connectivity index (χ4n) is 2.82. The first-order chi connectivity index (χ1) is 9.60. The summed E-state index contributed by atoms with van der Waals surface area (Å²) in [5, 5.41) is 10.7. The van der Waals surface area contributed by atoms with Crippen LogP contribution in [0.1, 0.15) is 12.8 Å². The third kappa shape index (κ3) is 2.30. The van der Waals surface area contributed by atoms with E-state index in [1.807, 2.05) is 0 Å². The molecule has 0 aliphatic carbocycles. The van der Waals surface area contributed by atoms with Crippen molar-refractivity contribution in [2.45, 2.75) is 18.6 Å².